The van der Waals surface area contributed by atoms with Crippen LogP contribution in [0.2, 0.25) is 0 Å². The third-order valence-electron chi connectivity index (χ3n) is 3.32. The second kappa shape index (κ2) is 7.55. The molecule has 2 N–H and O–H groups in total. The first-order valence-corrected chi connectivity index (χ1v) is 6.91. The number of ether oxygens (including phenoxy) is 2. The van der Waals surface area contributed by atoms with Crippen LogP contribution < -0.4 is 10.1 Å². The molecule has 2 aromatic rings. The predicted molar refractivity (Wildman–Crippen MR) is 84.0 cm³/mol. The maximum Gasteiger partial charge on any atom is 0.160 e. The van der Waals surface area contributed by atoms with E-state index in [0.717, 1.165) is 17.7 Å². The third kappa shape index (κ3) is 4.13. The Kier molecular flexibility index (Phi) is 5.46. The Morgan fingerprint density at radius 1 is 1.10 bits per heavy atom. The highest BCUT2D eigenvalue weighted by Crippen LogP contribution is 2.27. The lowest BCUT2D eigenvalue weighted by atomic mass is 10.1. The Labute approximate surface area is 125 Å². The topological polar surface area (TPSA) is 50.7 Å². The van der Waals surface area contributed by atoms with Gasteiger partial charge in [-0.1, -0.05) is 24.3 Å². The van der Waals surface area contributed by atoms with Gasteiger partial charge in [-0.05, 0) is 35.7 Å². The van der Waals surface area contributed by atoms with Gasteiger partial charge in [0.05, 0.1) is 13.7 Å². The van der Waals surface area contributed by atoms with Crippen molar-refractivity contribution in [3.8, 4) is 11.5 Å². The Bertz CT molecular complexity index is 584. The highest BCUT2D eigenvalue weighted by molar-refractivity contribution is 5.52. The number of aromatic hydroxyl groups is 1. The Morgan fingerprint density at radius 2 is 1.90 bits per heavy atom. The van der Waals surface area contributed by atoms with Crippen LogP contribution in [0, 0.1) is 0 Å². The van der Waals surface area contributed by atoms with E-state index in [1.165, 1.54) is 5.56 Å². The molecule has 0 amide bonds. The molecule has 0 saturated carbocycles. The van der Waals surface area contributed by atoms with Crippen LogP contribution in [0.15, 0.2) is 42.5 Å². The molecule has 0 atom stereocenters. The molecule has 0 fully saturated rings. The molecule has 0 aliphatic heterocycles. The summed E-state index contributed by atoms with van der Waals surface area (Å²) in [6.07, 6.45) is 0.874. The van der Waals surface area contributed by atoms with Crippen molar-refractivity contribution in [3.63, 3.8) is 0 Å². The molecule has 0 spiro atoms. The highest BCUT2D eigenvalue weighted by Gasteiger charge is 2.04. The molecule has 21 heavy (non-hydrogen) atoms. The molecular formula is C17H21NO3. The second-order valence-electron chi connectivity index (χ2n) is 4.76. The van der Waals surface area contributed by atoms with E-state index in [2.05, 4.69) is 17.4 Å². The largest absolute Gasteiger partial charge is 0.504 e. The van der Waals surface area contributed by atoms with Crippen LogP contribution >= 0.6 is 0 Å². The first-order valence-electron chi connectivity index (χ1n) is 6.91. The quantitative estimate of drug-likeness (QED) is 0.821. The summed E-state index contributed by atoms with van der Waals surface area (Å²) in [5.41, 5.74) is 3.37. The van der Waals surface area contributed by atoms with Gasteiger partial charge in [-0.3, -0.25) is 0 Å². The van der Waals surface area contributed by atoms with E-state index in [9.17, 15) is 5.11 Å². The molecule has 0 radical (unpaired) electrons. The Morgan fingerprint density at radius 3 is 2.67 bits per heavy atom. The lowest BCUT2D eigenvalue weighted by Crippen LogP contribution is -2.04. The molecule has 0 aliphatic rings. The standard InChI is InChI=1S/C17H21NO3/c1-20-10-9-14-5-3-4-6-15(14)18-12-13-7-8-16(19)17(11-13)21-2/h3-8,11,18-19H,9-10,12H2,1-2H3. The van der Waals surface area contributed by atoms with E-state index < -0.39 is 0 Å². The van der Waals surface area contributed by atoms with Crippen LogP contribution in [0.3, 0.4) is 0 Å². The lowest BCUT2D eigenvalue weighted by Gasteiger charge is -2.13. The summed E-state index contributed by atoms with van der Waals surface area (Å²) in [5.74, 6) is 0.642. The fourth-order valence-corrected chi connectivity index (χ4v) is 2.15. The molecule has 0 unspecified atom stereocenters. The minimum absolute atomic E-state index is 0.154. The molecular weight excluding hydrogens is 266 g/mol. The monoisotopic (exact) mass is 287 g/mol. The second-order valence-corrected chi connectivity index (χ2v) is 4.76. The normalized spacial score (nSPS) is 10.4. The van der Waals surface area contributed by atoms with Crippen LogP contribution in [0.4, 0.5) is 5.69 Å². The van der Waals surface area contributed by atoms with Gasteiger partial charge in [-0.25, -0.2) is 0 Å². The number of rotatable bonds is 7. The summed E-state index contributed by atoms with van der Waals surface area (Å²) in [7, 11) is 3.26. The average molecular weight is 287 g/mol. The number of phenols is 1. The molecule has 0 heterocycles. The number of hydrogen-bond acceptors (Lipinski definition) is 4. The van der Waals surface area contributed by atoms with Crippen LogP contribution in [0.25, 0.3) is 0 Å². The van der Waals surface area contributed by atoms with E-state index >= 15 is 0 Å². The van der Waals surface area contributed by atoms with E-state index in [4.69, 9.17) is 9.47 Å². The van der Waals surface area contributed by atoms with Crippen LogP contribution in [-0.2, 0) is 17.7 Å². The zero-order chi connectivity index (χ0) is 15.1. The van der Waals surface area contributed by atoms with Crippen LogP contribution in [0.5, 0.6) is 11.5 Å². The average Bonchev–Trinajstić information content (AvgIpc) is 2.53. The van der Waals surface area contributed by atoms with Crippen molar-refractivity contribution < 1.29 is 14.6 Å². The molecule has 4 heteroatoms. The molecule has 112 valence electrons. The van der Waals surface area contributed by atoms with E-state index in [0.29, 0.717) is 18.9 Å². The van der Waals surface area contributed by atoms with E-state index in [-0.39, 0.29) is 5.75 Å². The molecule has 0 aliphatic carbocycles. The fourth-order valence-electron chi connectivity index (χ4n) is 2.15. The minimum Gasteiger partial charge on any atom is -0.504 e. The van der Waals surface area contributed by atoms with Crippen molar-refractivity contribution in [2.45, 2.75) is 13.0 Å². The molecule has 0 saturated heterocycles. The molecule has 0 aromatic heterocycles. The molecule has 2 rings (SSSR count). The maximum atomic E-state index is 9.60. The van der Waals surface area contributed by atoms with Crippen molar-refractivity contribution in [3.05, 3.63) is 53.6 Å². The Hall–Kier alpha value is -2.20. The zero-order valence-corrected chi connectivity index (χ0v) is 12.4. The smallest absolute Gasteiger partial charge is 0.160 e. The number of phenolic OH excluding ortho intramolecular Hbond substituents is 1. The first-order chi connectivity index (χ1) is 10.2. The van der Waals surface area contributed by atoms with Crippen molar-refractivity contribution in [1.29, 1.82) is 0 Å². The number of nitrogens with one attached hydrogen (secondary N) is 1. The summed E-state index contributed by atoms with van der Waals surface area (Å²) < 4.78 is 10.3. The fraction of sp³-hybridized carbons (Fsp3) is 0.294. The summed E-state index contributed by atoms with van der Waals surface area (Å²) in [5, 5.41) is 13.0. The Balaban J connectivity index is 2.06. The number of benzene rings is 2. The third-order valence-corrected chi connectivity index (χ3v) is 3.32. The molecule has 2 aromatic carbocycles. The van der Waals surface area contributed by atoms with Crippen molar-refractivity contribution in [2.75, 3.05) is 26.1 Å². The summed E-state index contributed by atoms with van der Waals surface area (Å²) in [4.78, 5) is 0. The zero-order valence-electron chi connectivity index (χ0n) is 12.4. The van der Waals surface area contributed by atoms with Crippen molar-refractivity contribution in [1.82, 2.24) is 0 Å². The SMILES string of the molecule is COCCc1ccccc1NCc1ccc(O)c(OC)c1. The number of anilines is 1. The van der Waals surface area contributed by atoms with Gasteiger partial charge in [-0.2, -0.15) is 0 Å². The van der Waals surface area contributed by atoms with Gasteiger partial charge in [0.2, 0.25) is 0 Å². The van der Waals surface area contributed by atoms with Gasteiger partial charge in [-0.15, -0.1) is 0 Å². The predicted octanol–water partition coefficient (Wildman–Crippen LogP) is 3.20. The number of para-hydroxylation sites is 1. The van der Waals surface area contributed by atoms with E-state index in [1.807, 2.05) is 24.3 Å². The first kappa shape index (κ1) is 15.2. The van der Waals surface area contributed by atoms with Gasteiger partial charge in [0.1, 0.15) is 0 Å². The van der Waals surface area contributed by atoms with Gasteiger partial charge in [0, 0.05) is 19.3 Å². The van der Waals surface area contributed by atoms with Gasteiger partial charge in [0.25, 0.3) is 0 Å². The summed E-state index contributed by atoms with van der Waals surface area (Å²) >= 11 is 0. The minimum atomic E-state index is 0.154. The lowest BCUT2D eigenvalue weighted by molar-refractivity contribution is 0.202. The van der Waals surface area contributed by atoms with E-state index in [1.54, 1.807) is 20.3 Å². The molecule has 4 nitrogen and oxygen atoms in total. The van der Waals surface area contributed by atoms with Crippen molar-refractivity contribution in [2.24, 2.45) is 0 Å². The summed E-state index contributed by atoms with van der Waals surface area (Å²) in [6.45, 7) is 1.37. The number of methoxy groups -OCH3 is 2. The van der Waals surface area contributed by atoms with Crippen molar-refractivity contribution >= 4 is 5.69 Å². The van der Waals surface area contributed by atoms with Gasteiger partial charge in [0.15, 0.2) is 11.5 Å². The van der Waals surface area contributed by atoms with Crippen LogP contribution in [0.1, 0.15) is 11.1 Å². The number of hydrogen-bond donors (Lipinski definition) is 2. The van der Waals surface area contributed by atoms with Gasteiger partial charge < -0.3 is 19.9 Å². The maximum absolute atomic E-state index is 9.60. The highest BCUT2D eigenvalue weighted by atomic mass is 16.5. The molecule has 0 bridgehead atoms. The summed E-state index contributed by atoms with van der Waals surface area (Å²) in [6, 6.07) is 13.5. The van der Waals surface area contributed by atoms with Gasteiger partial charge >= 0.3 is 0 Å². The van der Waals surface area contributed by atoms with Crippen LogP contribution in [-0.4, -0.2) is 25.9 Å².